The van der Waals surface area contributed by atoms with Gasteiger partial charge in [-0.05, 0) is 48.7 Å². The molecule has 0 radical (unpaired) electrons. The molecule has 1 amide bonds. The monoisotopic (exact) mass is 518 g/mol. The van der Waals surface area contributed by atoms with Gasteiger partial charge in [0.15, 0.2) is 8.32 Å². The Kier molecular flexibility index (Phi) is 8.12. The van der Waals surface area contributed by atoms with E-state index in [9.17, 15) is 24.8 Å². The Hall–Kier alpha value is -2.56. The van der Waals surface area contributed by atoms with Crippen LogP contribution in [0.2, 0.25) is 18.1 Å². The van der Waals surface area contributed by atoms with Crippen molar-refractivity contribution in [1.29, 1.82) is 0 Å². The lowest BCUT2D eigenvalue weighted by atomic mass is 9.77. The Morgan fingerprint density at radius 1 is 1.28 bits per heavy atom. The van der Waals surface area contributed by atoms with E-state index < -0.39 is 25.3 Å². The molecule has 2 heterocycles. The number of nitrogens with zero attached hydrogens (tertiary/aromatic N) is 2. The first kappa shape index (κ1) is 28.0. The topological polar surface area (TPSA) is 119 Å². The minimum atomic E-state index is -2.10. The van der Waals surface area contributed by atoms with E-state index in [-0.39, 0.29) is 59.7 Å². The summed E-state index contributed by atoms with van der Waals surface area (Å²) in [4.78, 5) is 38.6. The molecule has 0 aliphatic carbocycles. The zero-order valence-electron chi connectivity index (χ0n) is 22.1. The maximum atomic E-state index is 13.4. The van der Waals surface area contributed by atoms with Crippen molar-refractivity contribution < 1.29 is 28.8 Å². The molecule has 10 heteroatoms. The van der Waals surface area contributed by atoms with Gasteiger partial charge in [-0.25, -0.2) is 4.79 Å². The number of rotatable bonds is 9. The summed E-state index contributed by atoms with van der Waals surface area (Å²) in [6.45, 7) is 14.5. The lowest BCUT2D eigenvalue weighted by molar-refractivity contribution is -0.384. The molecule has 1 aromatic rings. The number of amides is 1. The summed E-state index contributed by atoms with van der Waals surface area (Å²) < 4.78 is 12.1. The van der Waals surface area contributed by atoms with Crippen LogP contribution in [0, 0.1) is 27.9 Å². The first-order valence-electron chi connectivity index (χ1n) is 12.4. The highest BCUT2D eigenvalue weighted by molar-refractivity contribution is 6.74. The number of fused-ring (bicyclic) bond motifs is 1. The summed E-state index contributed by atoms with van der Waals surface area (Å²) in [5, 5.41) is 20.2. The molecule has 2 saturated heterocycles. The van der Waals surface area contributed by atoms with E-state index in [2.05, 4.69) is 33.9 Å². The molecule has 0 spiro atoms. The van der Waals surface area contributed by atoms with E-state index in [1.807, 2.05) is 13.8 Å². The molecule has 1 N–H and O–H groups in total. The highest BCUT2D eigenvalue weighted by Crippen LogP contribution is 2.50. The Morgan fingerprint density at radius 3 is 2.42 bits per heavy atom. The molecule has 3 rings (SSSR count). The van der Waals surface area contributed by atoms with Crippen LogP contribution in [0.25, 0.3) is 0 Å². The van der Waals surface area contributed by atoms with Crippen LogP contribution in [0.3, 0.4) is 0 Å². The summed E-state index contributed by atoms with van der Waals surface area (Å²) in [6.07, 6.45) is 3.11. The first-order chi connectivity index (χ1) is 16.7. The van der Waals surface area contributed by atoms with Crippen molar-refractivity contribution in [1.82, 2.24) is 4.90 Å². The zero-order valence-corrected chi connectivity index (χ0v) is 23.1. The van der Waals surface area contributed by atoms with Gasteiger partial charge < -0.3 is 19.2 Å². The van der Waals surface area contributed by atoms with E-state index in [1.165, 1.54) is 12.1 Å². The predicted octanol–water partition coefficient (Wildman–Crippen LogP) is 4.06. The largest absolute Gasteiger partial charge is 0.459 e. The minimum absolute atomic E-state index is 0.00560. The van der Waals surface area contributed by atoms with Gasteiger partial charge in [0.05, 0.1) is 23.6 Å². The van der Waals surface area contributed by atoms with Crippen LogP contribution in [0.4, 0.5) is 5.69 Å². The Balaban J connectivity index is 1.77. The third kappa shape index (κ3) is 5.26. The normalized spacial score (nSPS) is 27.1. The number of non-ortho nitro benzene ring substituents is 1. The fourth-order valence-corrected chi connectivity index (χ4v) is 6.51. The van der Waals surface area contributed by atoms with E-state index in [1.54, 1.807) is 29.2 Å². The second-order valence-corrected chi connectivity index (χ2v) is 16.1. The van der Waals surface area contributed by atoms with Crippen LogP contribution in [-0.2, 0) is 25.4 Å². The molecule has 2 aliphatic heterocycles. The number of nitro groups is 1. The minimum Gasteiger partial charge on any atom is -0.459 e. The predicted molar refractivity (Wildman–Crippen MR) is 137 cm³/mol. The molecule has 36 heavy (non-hydrogen) atoms. The van der Waals surface area contributed by atoms with E-state index in [0.717, 1.165) is 0 Å². The number of ether oxygens (including phenoxy) is 1. The third-order valence-corrected chi connectivity index (χ3v) is 12.6. The van der Waals surface area contributed by atoms with Gasteiger partial charge in [-0.2, -0.15) is 0 Å². The molecular formula is C26H38N2O7Si. The average Bonchev–Trinajstić information content (AvgIpc) is 3.03. The molecule has 0 aromatic heterocycles. The van der Waals surface area contributed by atoms with E-state index >= 15 is 0 Å². The molecule has 9 nitrogen and oxygen atoms in total. The molecule has 2 aliphatic rings. The molecule has 2 unspecified atom stereocenters. The van der Waals surface area contributed by atoms with Crippen molar-refractivity contribution in [3.63, 3.8) is 0 Å². The Morgan fingerprint density at radius 2 is 1.89 bits per heavy atom. The van der Waals surface area contributed by atoms with E-state index in [0.29, 0.717) is 5.56 Å². The quantitative estimate of drug-likeness (QED) is 0.131. The fraction of sp³-hybridized carbons (Fsp3) is 0.615. The molecule has 0 bridgehead atoms. The average molecular weight is 519 g/mol. The number of esters is 1. The number of hydrogen-bond donors (Lipinski definition) is 1. The van der Waals surface area contributed by atoms with Crippen LogP contribution in [0.1, 0.15) is 40.2 Å². The number of benzene rings is 1. The summed E-state index contributed by atoms with van der Waals surface area (Å²) in [5.74, 6) is -1.32. The second kappa shape index (κ2) is 10.4. The number of nitro benzene ring substituents is 1. The van der Waals surface area contributed by atoms with Crippen molar-refractivity contribution in [2.75, 3.05) is 6.61 Å². The van der Waals surface area contributed by atoms with Crippen molar-refractivity contribution >= 4 is 25.9 Å². The first-order valence-corrected chi connectivity index (χ1v) is 15.3. The number of hydrogen-bond acceptors (Lipinski definition) is 7. The van der Waals surface area contributed by atoms with Gasteiger partial charge in [-0.1, -0.05) is 39.8 Å². The van der Waals surface area contributed by atoms with Crippen LogP contribution in [0.5, 0.6) is 0 Å². The molecular weight excluding hydrogens is 480 g/mol. The van der Waals surface area contributed by atoms with Gasteiger partial charge in [0.2, 0.25) is 5.91 Å². The maximum absolute atomic E-state index is 13.4. The van der Waals surface area contributed by atoms with Crippen molar-refractivity contribution in [3.05, 3.63) is 52.1 Å². The van der Waals surface area contributed by atoms with Gasteiger partial charge in [-0.15, -0.1) is 0 Å². The molecule has 198 valence electrons. The third-order valence-electron chi connectivity index (χ3n) is 8.06. The van der Waals surface area contributed by atoms with Crippen LogP contribution >= 0.6 is 0 Å². The smallest absolute Gasteiger partial charge is 0.329 e. The van der Waals surface area contributed by atoms with E-state index in [4.69, 9.17) is 9.16 Å². The van der Waals surface area contributed by atoms with Gasteiger partial charge in [0, 0.05) is 24.1 Å². The zero-order chi connectivity index (χ0) is 27.0. The van der Waals surface area contributed by atoms with Gasteiger partial charge in [0.1, 0.15) is 12.6 Å². The standard InChI is InChI=1S/C26H38N2O7Si/c1-16-20(9-8-14-29)23(25(31)34-15-18-10-12-19(13-11-18)28(32)33)27-22(16)21(24(27)30)17(2)35-36(6,7)26(3,4)5/h8-13,16-17,20-23,29H,14-15H2,1-7H3/b9-8+/t16-,17+,20?,21+,22+,23?/m0/s1. The number of carbonyl (C=O) groups excluding carboxylic acids is 2. The lowest BCUT2D eigenvalue weighted by Gasteiger charge is -2.50. The molecule has 0 saturated carbocycles. The summed E-state index contributed by atoms with van der Waals surface area (Å²) in [5.41, 5.74) is 0.571. The van der Waals surface area contributed by atoms with Crippen molar-refractivity contribution in [2.45, 2.75) is 77.5 Å². The second-order valence-electron chi connectivity index (χ2n) is 11.4. The van der Waals surface area contributed by atoms with Gasteiger partial charge in [0.25, 0.3) is 5.69 Å². The molecule has 6 atom stereocenters. The highest BCUT2D eigenvalue weighted by Gasteiger charge is 2.64. The molecule has 2 fully saturated rings. The lowest BCUT2D eigenvalue weighted by Crippen LogP contribution is -2.67. The van der Waals surface area contributed by atoms with Gasteiger partial charge in [-0.3, -0.25) is 14.9 Å². The summed E-state index contributed by atoms with van der Waals surface area (Å²) in [7, 11) is -2.10. The number of carbonyl (C=O) groups is 2. The SMILES string of the molecule is C[C@@H](O[Si](C)(C)C(C)(C)C)[C@H]1C(=O)N2C(C(=O)OCc3ccc([N+](=O)[O-])cc3)C(/C=C/CO)[C@H](C)[C@H]12. The number of β-lactam (4-membered cyclic amide) rings is 1. The van der Waals surface area contributed by atoms with Crippen LogP contribution in [0.15, 0.2) is 36.4 Å². The Labute approximate surface area is 213 Å². The van der Waals surface area contributed by atoms with Crippen LogP contribution in [-0.4, -0.2) is 59.9 Å². The number of aliphatic hydroxyl groups is 1. The van der Waals surface area contributed by atoms with Crippen molar-refractivity contribution in [3.8, 4) is 0 Å². The Bertz CT molecular complexity index is 1020. The van der Waals surface area contributed by atoms with Crippen molar-refractivity contribution in [2.24, 2.45) is 17.8 Å². The molecule has 1 aromatic carbocycles. The van der Waals surface area contributed by atoms with Crippen LogP contribution < -0.4 is 0 Å². The van der Waals surface area contributed by atoms with Gasteiger partial charge >= 0.3 is 5.97 Å². The number of aliphatic hydroxyl groups excluding tert-OH is 1. The highest BCUT2D eigenvalue weighted by atomic mass is 28.4. The fourth-order valence-electron chi connectivity index (χ4n) is 5.08. The summed E-state index contributed by atoms with van der Waals surface area (Å²) in [6, 6.07) is 4.84. The summed E-state index contributed by atoms with van der Waals surface area (Å²) >= 11 is 0. The maximum Gasteiger partial charge on any atom is 0.329 e.